The number of nitrogens with zero attached hydrogens (tertiary/aromatic N) is 2. The van der Waals surface area contributed by atoms with Crippen molar-refractivity contribution in [3.05, 3.63) is 29.5 Å². The molecule has 5 heteroatoms. The maximum absolute atomic E-state index is 10.8. The second kappa shape index (κ2) is 5.84. The van der Waals surface area contributed by atoms with Gasteiger partial charge < -0.3 is 15.4 Å². The number of aromatic nitrogens is 1. The summed E-state index contributed by atoms with van der Waals surface area (Å²) in [5, 5.41) is 0. The molecule has 1 aromatic heterocycles. The molecule has 0 radical (unpaired) electrons. The Hall–Kier alpha value is -1.88. The van der Waals surface area contributed by atoms with Gasteiger partial charge in [0.15, 0.2) is 0 Å². The standard InChI is InChI=1S/C14H19N3O2/c1-17(2)9-12-11(10-5-3-4-6-10)7-8-13(16-12)19-14(15)18/h5,7-8H,3-4,6,9H2,1-2H3,(H2,15,18). The lowest BCUT2D eigenvalue weighted by Gasteiger charge is -2.15. The van der Waals surface area contributed by atoms with Crippen molar-refractivity contribution < 1.29 is 9.53 Å². The van der Waals surface area contributed by atoms with E-state index >= 15 is 0 Å². The fourth-order valence-corrected chi connectivity index (χ4v) is 2.27. The fraction of sp³-hybridized carbons (Fsp3) is 0.429. The molecule has 1 aromatic rings. The monoisotopic (exact) mass is 261 g/mol. The lowest BCUT2D eigenvalue weighted by Crippen LogP contribution is -2.18. The Labute approximate surface area is 113 Å². The van der Waals surface area contributed by atoms with Crippen LogP contribution < -0.4 is 10.5 Å². The first-order valence-corrected chi connectivity index (χ1v) is 6.37. The van der Waals surface area contributed by atoms with Crippen LogP contribution in [0.1, 0.15) is 30.5 Å². The zero-order chi connectivity index (χ0) is 13.8. The highest BCUT2D eigenvalue weighted by Crippen LogP contribution is 2.30. The molecule has 0 bridgehead atoms. The van der Waals surface area contributed by atoms with Gasteiger partial charge in [-0.2, -0.15) is 0 Å². The van der Waals surface area contributed by atoms with E-state index in [-0.39, 0.29) is 5.88 Å². The minimum absolute atomic E-state index is 0.256. The molecule has 0 saturated heterocycles. The maximum Gasteiger partial charge on any atom is 0.411 e. The van der Waals surface area contributed by atoms with Crippen LogP contribution in [0.15, 0.2) is 18.2 Å². The summed E-state index contributed by atoms with van der Waals surface area (Å²) >= 11 is 0. The van der Waals surface area contributed by atoms with Gasteiger partial charge in [-0.1, -0.05) is 6.08 Å². The van der Waals surface area contributed by atoms with Crippen molar-refractivity contribution in [3.63, 3.8) is 0 Å². The van der Waals surface area contributed by atoms with Crippen molar-refractivity contribution in [2.75, 3.05) is 14.1 Å². The van der Waals surface area contributed by atoms with E-state index in [4.69, 9.17) is 10.5 Å². The number of rotatable bonds is 4. The number of hydrogen-bond donors (Lipinski definition) is 1. The Morgan fingerprint density at radius 1 is 1.47 bits per heavy atom. The summed E-state index contributed by atoms with van der Waals surface area (Å²) in [4.78, 5) is 17.2. The average Bonchev–Trinajstić information content (AvgIpc) is 2.81. The largest absolute Gasteiger partial charge is 0.411 e. The Morgan fingerprint density at radius 3 is 2.84 bits per heavy atom. The van der Waals surface area contributed by atoms with E-state index in [2.05, 4.69) is 11.1 Å². The molecule has 0 fully saturated rings. The first-order chi connectivity index (χ1) is 9.06. The van der Waals surface area contributed by atoms with Crippen molar-refractivity contribution in [2.24, 2.45) is 5.73 Å². The molecule has 2 rings (SSSR count). The van der Waals surface area contributed by atoms with Crippen LogP contribution in [0.25, 0.3) is 5.57 Å². The van der Waals surface area contributed by atoms with Crippen LogP contribution in [0.5, 0.6) is 5.88 Å². The lowest BCUT2D eigenvalue weighted by molar-refractivity contribution is 0.209. The minimum atomic E-state index is -0.837. The van der Waals surface area contributed by atoms with E-state index in [0.717, 1.165) is 24.1 Å². The van der Waals surface area contributed by atoms with Gasteiger partial charge in [0, 0.05) is 18.2 Å². The van der Waals surface area contributed by atoms with Gasteiger partial charge in [-0.25, -0.2) is 9.78 Å². The van der Waals surface area contributed by atoms with Gasteiger partial charge in [0.1, 0.15) is 0 Å². The highest BCUT2D eigenvalue weighted by atomic mass is 16.6. The van der Waals surface area contributed by atoms with Gasteiger partial charge in [0.25, 0.3) is 0 Å². The van der Waals surface area contributed by atoms with E-state index in [1.54, 1.807) is 6.07 Å². The van der Waals surface area contributed by atoms with Gasteiger partial charge in [0.05, 0.1) is 5.69 Å². The number of primary amides is 1. The molecular weight excluding hydrogens is 242 g/mol. The summed E-state index contributed by atoms with van der Waals surface area (Å²) in [7, 11) is 3.96. The van der Waals surface area contributed by atoms with Crippen LogP contribution >= 0.6 is 0 Å². The molecule has 5 nitrogen and oxygen atoms in total. The SMILES string of the molecule is CN(C)Cc1nc(OC(N)=O)ccc1C1=CCCC1. The van der Waals surface area contributed by atoms with E-state index < -0.39 is 6.09 Å². The van der Waals surface area contributed by atoms with Crippen LogP contribution in [0.3, 0.4) is 0 Å². The molecule has 0 atom stereocenters. The second-order valence-electron chi connectivity index (χ2n) is 4.92. The number of allylic oxidation sites excluding steroid dienone is 2. The smallest absolute Gasteiger partial charge is 0.391 e. The maximum atomic E-state index is 10.8. The van der Waals surface area contributed by atoms with Crippen molar-refractivity contribution in [3.8, 4) is 5.88 Å². The average molecular weight is 261 g/mol. The molecule has 19 heavy (non-hydrogen) atoms. The normalized spacial score (nSPS) is 14.6. The van der Waals surface area contributed by atoms with E-state index in [1.165, 1.54) is 12.0 Å². The summed E-state index contributed by atoms with van der Waals surface area (Å²) in [5.41, 5.74) is 8.40. The number of carbonyl (C=O) groups is 1. The van der Waals surface area contributed by atoms with Gasteiger partial charge in [0.2, 0.25) is 5.88 Å². The van der Waals surface area contributed by atoms with Gasteiger partial charge in [-0.3, -0.25) is 0 Å². The van der Waals surface area contributed by atoms with Crippen molar-refractivity contribution in [1.82, 2.24) is 9.88 Å². The Balaban J connectivity index is 2.33. The number of carbonyl (C=O) groups excluding carboxylic acids is 1. The number of hydrogen-bond acceptors (Lipinski definition) is 4. The minimum Gasteiger partial charge on any atom is -0.391 e. The number of amides is 1. The van der Waals surface area contributed by atoms with Gasteiger partial charge in [-0.15, -0.1) is 0 Å². The fourth-order valence-electron chi connectivity index (χ4n) is 2.27. The summed E-state index contributed by atoms with van der Waals surface area (Å²) in [5.74, 6) is 0.256. The van der Waals surface area contributed by atoms with Crippen LogP contribution in [0.2, 0.25) is 0 Å². The number of ether oxygens (including phenoxy) is 1. The summed E-state index contributed by atoms with van der Waals surface area (Å²) < 4.78 is 4.84. The van der Waals surface area contributed by atoms with Crippen molar-refractivity contribution in [1.29, 1.82) is 0 Å². The van der Waals surface area contributed by atoms with Gasteiger partial charge in [-0.05, 0) is 45.0 Å². The van der Waals surface area contributed by atoms with Crippen molar-refractivity contribution in [2.45, 2.75) is 25.8 Å². The van der Waals surface area contributed by atoms with E-state index in [1.807, 2.05) is 25.1 Å². The third-order valence-electron chi connectivity index (χ3n) is 3.01. The van der Waals surface area contributed by atoms with Crippen LogP contribution in [0.4, 0.5) is 4.79 Å². The zero-order valence-electron chi connectivity index (χ0n) is 11.3. The Bertz CT molecular complexity index is 509. The summed E-state index contributed by atoms with van der Waals surface area (Å²) in [6.45, 7) is 0.697. The van der Waals surface area contributed by atoms with E-state index in [9.17, 15) is 4.79 Å². The van der Waals surface area contributed by atoms with E-state index in [0.29, 0.717) is 6.54 Å². The lowest BCUT2D eigenvalue weighted by atomic mass is 10.0. The third-order valence-corrected chi connectivity index (χ3v) is 3.01. The molecule has 1 aliphatic rings. The Kier molecular flexibility index (Phi) is 4.16. The number of nitrogens with two attached hydrogens (primary N) is 1. The van der Waals surface area contributed by atoms with Crippen LogP contribution in [-0.4, -0.2) is 30.1 Å². The second-order valence-corrected chi connectivity index (χ2v) is 4.92. The summed E-state index contributed by atoms with van der Waals surface area (Å²) in [6, 6.07) is 3.65. The molecule has 0 aliphatic heterocycles. The molecule has 0 unspecified atom stereocenters. The molecule has 1 amide bonds. The molecule has 102 valence electrons. The third kappa shape index (κ3) is 3.54. The van der Waals surface area contributed by atoms with Crippen LogP contribution in [0, 0.1) is 0 Å². The quantitative estimate of drug-likeness (QED) is 0.901. The van der Waals surface area contributed by atoms with Gasteiger partial charge >= 0.3 is 6.09 Å². The molecule has 0 spiro atoms. The van der Waals surface area contributed by atoms with Crippen LogP contribution in [-0.2, 0) is 6.54 Å². The Morgan fingerprint density at radius 2 is 2.26 bits per heavy atom. The summed E-state index contributed by atoms with van der Waals surface area (Å²) in [6.07, 6.45) is 4.81. The highest BCUT2D eigenvalue weighted by molar-refractivity contribution is 5.70. The first kappa shape index (κ1) is 13.5. The highest BCUT2D eigenvalue weighted by Gasteiger charge is 2.15. The predicted molar refractivity (Wildman–Crippen MR) is 73.7 cm³/mol. The first-order valence-electron chi connectivity index (χ1n) is 6.37. The van der Waals surface area contributed by atoms with Crippen molar-refractivity contribution >= 4 is 11.7 Å². The molecule has 0 aromatic carbocycles. The topological polar surface area (TPSA) is 68.5 Å². The predicted octanol–water partition coefficient (Wildman–Crippen LogP) is 2.17. The molecule has 1 aliphatic carbocycles. The molecule has 0 saturated carbocycles. The number of pyridine rings is 1. The molecule has 2 N–H and O–H groups in total. The molecular formula is C14H19N3O2. The zero-order valence-corrected chi connectivity index (χ0v) is 11.3. The molecule has 1 heterocycles.